The van der Waals surface area contributed by atoms with Crippen molar-refractivity contribution in [1.82, 2.24) is 4.73 Å². The van der Waals surface area contributed by atoms with E-state index in [0.717, 1.165) is 19.3 Å². The number of aromatic hydroxyl groups is 2. The van der Waals surface area contributed by atoms with Gasteiger partial charge < -0.3 is 19.8 Å². The zero-order valence-electron chi connectivity index (χ0n) is 16.5. The fourth-order valence-corrected chi connectivity index (χ4v) is 2.94. The number of hydrogen-bond acceptors (Lipinski definition) is 6. The Kier molecular flexibility index (Phi) is 11.1. The topological polar surface area (TPSA) is 98.0 Å². The molecular formula is C20H33NO6. The normalized spacial score (nSPS) is 11.9. The predicted molar refractivity (Wildman–Crippen MR) is 101 cm³/mol. The van der Waals surface area contributed by atoms with Crippen LogP contribution in [0.25, 0.3) is 0 Å². The van der Waals surface area contributed by atoms with Gasteiger partial charge in [0.1, 0.15) is 6.10 Å². The average molecular weight is 383 g/mol. The molecule has 0 fully saturated rings. The Hall–Kier alpha value is -2.18. The van der Waals surface area contributed by atoms with Crippen molar-refractivity contribution in [1.29, 1.82) is 0 Å². The Bertz CT molecular complexity index is 549. The minimum Gasteiger partial charge on any atom is -0.492 e. The maximum atomic E-state index is 12.0. The Labute approximate surface area is 161 Å². The van der Waals surface area contributed by atoms with Gasteiger partial charge in [0.05, 0.1) is 6.42 Å². The van der Waals surface area contributed by atoms with E-state index in [4.69, 9.17) is 9.57 Å². The highest BCUT2D eigenvalue weighted by Gasteiger charge is 2.20. The molecule has 0 aliphatic carbocycles. The molecule has 1 aromatic heterocycles. The SMILES string of the molecule is CCCCCCCCCCCC(CC(=O)On1c(O)ccc1O)OC(C)=O. The van der Waals surface area contributed by atoms with Gasteiger partial charge in [-0.3, -0.25) is 4.79 Å². The number of esters is 1. The number of carbonyl (C=O) groups is 2. The zero-order chi connectivity index (χ0) is 20.1. The van der Waals surface area contributed by atoms with Gasteiger partial charge in [0.15, 0.2) is 0 Å². The number of nitrogens with zero attached hydrogens (tertiary/aromatic N) is 1. The van der Waals surface area contributed by atoms with E-state index in [1.54, 1.807) is 0 Å². The van der Waals surface area contributed by atoms with Crippen molar-refractivity contribution < 1.29 is 29.4 Å². The van der Waals surface area contributed by atoms with E-state index in [-0.39, 0.29) is 18.2 Å². The molecule has 27 heavy (non-hydrogen) atoms. The molecule has 1 heterocycles. The number of rotatable bonds is 14. The third-order valence-corrected chi connectivity index (χ3v) is 4.35. The lowest BCUT2D eigenvalue weighted by atomic mass is 10.0. The van der Waals surface area contributed by atoms with Crippen molar-refractivity contribution in [3.05, 3.63) is 12.1 Å². The highest BCUT2D eigenvalue weighted by Crippen LogP contribution is 2.20. The van der Waals surface area contributed by atoms with Crippen molar-refractivity contribution >= 4 is 11.9 Å². The highest BCUT2D eigenvalue weighted by atomic mass is 16.7. The molecule has 154 valence electrons. The second-order valence-corrected chi connectivity index (χ2v) is 6.86. The molecule has 0 aliphatic rings. The van der Waals surface area contributed by atoms with Gasteiger partial charge in [-0.05, 0) is 12.8 Å². The molecule has 0 bridgehead atoms. The molecule has 2 N–H and O–H groups in total. The van der Waals surface area contributed by atoms with E-state index < -0.39 is 18.0 Å². The molecule has 7 nitrogen and oxygen atoms in total. The Morgan fingerprint density at radius 1 is 0.963 bits per heavy atom. The van der Waals surface area contributed by atoms with E-state index in [0.29, 0.717) is 11.2 Å². The molecule has 1 rings (SSSR count). The second-order valence-electron chi connectivity index (χ2n) is 6.86. The molecule has 0 spiro atoms. The molecule has 0 amide bonds. The molecule has 0 aliphatic heterocycles. The van der Waals surface area contributed by atoms with Gasteiger partial charge in [0.25, 0.3) is 0 Å². The highest BCUT2D eigenvalue weighted by molar-refractivity contribution is 5.72. The smallest absolute Gasteiger partial charge is 0.336 e. The fourth-order valence-electron chi connectivity index (χ4n) is 2.94. The number of ether oxygens (including phenoxy) is 1. The minimum atomic E-state index is -0.695. The number of hydrogen-bond donors (Lipinski definition) is 2. The van der Waals surface area contributed by atoms with Crippen LogP contribution < -0.4 is 4.84 Å². The second kappa shape index (κ2) is 13.1. The van der Waals surface area contributed by atoms with Crippen LogP contribution in [0.3, 0.4) is 0 Å². The van der Waals surface area contributed by atoms with Crippen LogP contribution in [-0.2, 0) is 14.3 Å². The van der Waals surface area contributed by atoms with Gasteiger partial charge in [-0.25, -0.2) is 4.79 Å². The lowest BCUT2D eigenvalue weighted by Crippen LogP contribution is -2.26. The van der Waals surface area contributed by atoms with Gasteiger partial charge >= 0.3 is 11.9 Å². The lowest BCUT2D eigenvalue weighted by molar-refractivity contribution is -0.154. The Morgan fingerprint density at radius 2 is 1.48 bits per heavy atom. The molecule has 0 saturated carbocycles. The standard InChI is InChI=1S/C20H33NO6/c1-3-4-5-6-7-8-9-10-11-12-17(26-16(2)22)15-20(25)27-21-18(23)13-14-19(21)24/h13-14,17,23-24H,3-12,15H2,1-2H3. The Balaban J connectivity index is 2.29. The third kappa shape index (κ3) is 9.92. The first kappa shape index (κ1) is 22.9. The summed E-state index contributed by atoms with van der Waals surface area (Å²) in [6.45, 7) is 3.51. The van der Waals surface area contributed by atoms with Crippen molar-refractivity contribution in [3.8, 4) is 11.8 Å². The molecule has 0 saturated heterocycles. The van der Waals surface area contributed by atoms with E-state index in [1.165, 1.54) is 57.6 Å². The van der Waals surface area contributed by atoms with Crippen LogP contribution in [0.2, 0.25) is 0 Å². The zero-order valence-corrected chi connectivity index (χ0v) is 16.5. The number of carbonyl (C=O) groups excluding carboxylic acids is 2. The van der Waals surface area contributed by atoms with E-state index >= 15 is 0 Å². The molecular weight excluding hydrogens is 350 g/mol. The third-order valence-electron chi connectivity index (χ3n) is 4.35. The molecule has 1 atom stereocenters. The van der Waals surface area contributed by atoms with Gasteiger partial charge in [-0.1, -0.05) is 58.3 Å². The van der Waals surface area contributed by atoms with Crippen LogP contribution in [-0.4, -0.2) is 33.0 Å². The van der Waals surface area contributed by atoms with Crippen LogP contribution >= 0.6 is 0 Å². The summed E-state index contributed by atoms with van der Waals surface area (Å²) < 4.78 is 5.83. The number of unbranched alkanes of at least 4 members (excludes halogenated alkanes) is 8. The molecule has 1 aromatic rings. The molecule has 7 heteroatoms. The largest absolute Gasteiger partial charge is 0.492 e. The first-order valence-corrected chi connectivity index (χ1v) is 9.92. The molecule has 1 unspecified atom stereocenters. The predicted octanol–water partition coefficient (Wildman–Crippen LogP) is 4.10. The van der Waals surface area contributed by atoms with Gasteiger partial charge in [-0.15, -0.1) is 4.73 Å². The summed E-state index contributed by atoms with van der Waals surface area (Å²) in [5, 5.41) is 19.0. The average Bonchev–Trinajstić information content (AvgIpc) is 2.91. The van der Waals surface area contributed by atoms with Crippen LogP contribution in [0.1, 0.15) is 84.5 Å². The van der Waals surface area contributed by atoms with Crippen molar-refractivity contribution in [2.24, 2.45) is 0 Å². The summed E-state index contributed by atoms with van der Waals surface area (Å²) in [6, 6.07) is 2.41. The first-order valence-electron chi connectivity index (χ1n) is 9.92. The summed E-state index contributed by atoms with van der Waals surface area (Å²) in [7, 11) is 0. The van der Waals surface area contributed by atoms with Crippen LogP contribution in [0, 0.1) is 0 Å². The summed E-state index contributed by atoms with van der Waals surface area (Å²) in [6.07, 6.45) is 10.5. The quantitative estimate of drug-likeness (QED) is 0.371. The van der Waals surface area contributed by atoms with E-state index in [2.05, 4.69) is 6.92 Å². The van der Waals surface area contributed by atoms with Crippen LogP contribution in [0.5, 0.6) is 11.8 Å². The van der Waals surface area contributed by atoms with E-state index in [1.807, 2.05) is 0 Å². The van der Waals surface area contributed by atoms with Gasteiger partial charge in [0, 0.05) is 19.1 Å². The van der Waals surface area contributed by atoms with Crippen molar-refractivity contribution in [3.63, 3.8) is 0 Å². The summed E-state index contributed by atoms with van der Waals surface area (Å²) >= 11 is 0. The molecule has 0 aromatic carbocycles. The van der Waals surface area contributed by atoms with Gasteiger partial charge in [0.2, 0.25) is 11.8 Å². The van der Waals surface area contributed by atoms with Gasteiger partial charge in [-0.2, -0.15) is 0 Å². The van der Waals surface area contributed by atoms with Crippen molar-refractivity contribution in [2.75, 3.05) is 0 Å². The van der Waals surface area contributed by atoms with Crippen molar-refractivity contribution in [2.45, 2.75) is 90.6 Å². The monoisotopic (exact) mass is 383 g/mol. The lowest BCUT2D eigenvalue weighted by Gasteiger charge is -2.16. The van der Waals surface area contributed by atoms with Crippen LogP contribution in [0.4, 0.5) is 0 Å². The maximum absolute atomic E-state index is 12.0. The summed E-state index contributed by atoms with van der Waals surface area (Å²) in [5.74, 6) is -1.91. The Morgan fingerprint density at radius 3 is 2.00 bits per heavy atom. The maximum Gasteiger partial charge on any atom is 0.336 e. The number of aromatic nitrogens is 1. The first-order chi connectivity index (χ1) is 12.9. The summed E-state index contributed by atoms with van der Waals surface area (Å²) in [4.78, 5) is 28.2. The minimum absolute atomic E-state index is 0.131. The van der Waals surface area contributed by atoms with E-state index in [9.17, 15) is 19.8 Å². The molecule has 0 radical (unpaired) electrons. The fraction of sp³-hybridized carbons (Fsp3) is 0.700. The summed E-state index contributed by atoms with van der Waals surface area (Å²) in [5.41, 5.74) is 0. The van der Waals surface area contributed by atoms with Crippen LogP contribution in [0.15, 0.2) is 12.1 Å².